The molecule has 2 aliphatic rings. The number of rotatable bonds is 6. The van der Waals surface area contributed by atoms with Gasteiger partial charge >= 0.3 is 0 Å². The first-order valence-corrected chi connectivity index (χ1v) is 12.8. The number of methoxy groups -OCH3 is 1. The Morgan fingerprint density at radius 1 is 1.08 bits per heavy atom. The van der Waals surface area contributed by atoms with Crippen molar-refractivity contribution >= 4 is 34.0 Å². The maximum atomic E-state index is 14.5. The van der Waals surface area contributed by atoms with Crippen molar-refractivity contribution in [1.29, 1.82) is 5.26 Å². The third-order valence-electron chi connectivity index (χ3n) is 7.29. The molecular weight excluding hydrogens is 481 g/mol. The Balaban J connectivity index is 1.31. The van der Waals surface area contributed by atoms with Gasteiger partial charge in [0.25, 0.3) is 0 Å². The Morgan fingerprint density at radius 2 is 1.86 bits per heavy atom. The highest BCUT2D eigenvalue weighted by atomic mass is 35.5. The number of piperidine rings is 1. The lowest BCUT2D eigenvalue weighted by Crippen LogP contribution is -2.44. The second-order valence-electron chi connectivity index (χ2n) is 9.46. The SMILES string of the molecule is COc1cc2ncnc(Nc3cccc(Cl)c3F)c2cc1O[C@H]1CC[C@H](N2CCC(C#N)CC2)CC1. The van der Waals surface area contributed by atoms with E-state index in [0.29, 0.717) is 34.3 Å². The highest BCUT2D eigenvalue weighted by molar-refractivity contribution is 6.31. The minimum absolute atomic E-state index is 0.0362. The van der Waals surface area contributed by atoms with Gasteiger partial charge < -0.3 is 19.7 Å². The molecule has 9 heteroatoms. The number of likely N-dealkylation sites (tertiary alicyclic amines) is 1. The summed E-state index contributed by atoms with van der Waals surface area (Å²) in [6, 6.07) is 11.4. The molecule has 2 heterocycles. The first-order chi connectivity index (χ1) is 17.6. The molecule has 1 aliphatic heterocycles. The van der Waals surface area contributed by atoms with Gasteiger partial charge in [-0.3, -0.25) is 0 Å². The van der Waals surface area contributed by atoms with Crippen LogP contribution in [0.2, 0.25) is 5.02 Å². The molecule has 0 spiro atoms. The van der Waals surface area contributed by atoms with Crippen molar-refractivity contribution in [2.75, 3.05) is 25.5 Å². The number of halogens is 2. The van der Waals surface area contributed by atoms with Gasteiger partial charge in [-0.1, -0.05) is 17.7 Å². The van der Waals surface area contributed by atoms with Crippen LogP contribution in [0, 0.1) is 23.1 Å². The van der Waals surface area contributed by atoms with Gasteiger partial charge in [0, 0.05) is 23.4 Å². The van der Waals surface area contributed by atoms with E-state index in [1.165, 1.54) is 12.4 Å². The summed E-state index contributed by atoms with van der Waals surface area (Å²) in [6.07, 6.45) is 7.49. The Bertz CT molecular complexity index is 1270. The van der Waals surface area contributed by atoms with Crippen LogP contribution in [0.1, 0.15) is 38.5 Å². The zero-order valence-corrected chi connectivity index (χ0v) is 21.0. The molecule has 1 aliphatic carbocycles. The summed E-state index contributed by atoms with van der Waals surface area (Å²) in [5.74, 6) is 1.34. The normalized spacial score (nSPS) is 21.2. The van der Waals surface area contributed by atoms with Crippen LogP contribution >= 0.6 is 11.6 Å². The summed E-state index contributed by atoms with van der Waals surface area (Å²) in [6.45, 7) is 2.02. The highest BCUT2D eigenvalue weighted by Gasteiger charge is 2.30. The number of anilines is 2. The lowest BCUT2D eigenvalue weighted by molar-refractivity contribution is 0.0702. The molecule has 3 aromatic rings. The molecule has 0 atom stereocenters. The van der Waals surface area contributed by atoms with Crippen molar-refractivity contribution in [3.63, 3.8) is 0 Å². The molecule has 1 N–H and O–H groups in total. The molecule has 1 saturated heterocycles. The van der Waals surface area contributed by atoms with Crippen LogP contribution in [0.4, 0.5) is 15.9 Å². The summed E-state index contributed by atoms with van der Waals surface area (Å²) >= 11 is 5.94. The number of hydrogen-bond acceptors (Lipinski definition) is 7. The van der Waals surface area contributed by atoms with Crippen LogP contribution in [-0.2, 0) is 0 Å². The number of aromatic nitrogens is 2. The van der Waals surface area contributed by atoms with Gasteiger partial charge in [-0.15, -0.1) is 0 Å². The molecule has 36 heavy (non-hydrogen) atoms. The van der Waals surface area contributed by atoms with Gasteiger partial charge in [-0.05, 0) is 69.8 Å². The van der Waals surface area contributed by atoms with Crippen molar-refractivity contribution < 1.29 is 13.9 Å². The van der Waals surface area contributed by atoms with E-state index in [1.54, 1.807) is 19.2 Å². The smallest absolute Gasteiger partial charge is 0.165 e. The number of ether oxygens (including phenoxy) is 2. The van der Waals surface area contributed by atoms with Gasteiger partial charge in [0.2, 0.25) is 0 Å². The van der Waals surface area contributed by atoms with Crippen LogP contribution < -0.4 is 14.8 Å². The predicted molar refractivity (Wildman–Crippen MR) is 137 cm³/mol. The fraction of sp³-hybridized carbons (Fsp3) is 0.444. The van der Waals surface area contributed by atoms with Crippen LogP contribution in [0.25, 0.3) is 10.9 Å². The predicted octanol–water partition coefficient (Wildman–Crippen LogP) is 6.10. The summed E-state index contributed by atoms with van der Waals surface area (Å²) in [4.78, 5) is 11.2. The Hall–Kier alpha value is -3.15. The molecule has 7 nitrogen and oxygen atoms in total. The molecule has 188 valence electrons. The van der Waals surface area contributed by atoms with Crippen molar-refractivity contribution in [3.05, 3.63) is 47.5 Å². The number of hydrogen-bond donors (Lipinski definition) is 1. The average molecular weight is 510 g/mol. The number of benzene rings is 2. The van der Waals surface area contributed by atoms with Crippen molar-refractivity contribution in [1.82, 2.24) is 14.9 Å². The maximum absolute atomic E-state index is 14.5. The fourth-order valence-electron chi connectivity index (χ4n) is 5.24. The van der Waals surface area contributed by atoms with Crippen molar-refractivity contribution in [2.45, 2.75) is 50.7 Å². The van der Waals surface area contributed by atoms with E-state index in [2.05, 4.69) is 26.3 Å². The molecule has 1 aromatic heterocycles. The van der Waals surface area contributed by atoms with Crippen LogP contribution in [0.5, 0.6) is 11.5 Å². The van der Waals surface area contributed by atoms with E-state index in [0.717, 1.165) is 51.6 Å². The summed E-state index contributed by atoms with van der Waals surface area (Å²) in [5.41, 5.74) is 0.890. The monoisotopic (exact) mass is 509 g/mol. The topological polar surface area (TPSA) is 83.3 Å². The van der Waals surface area contributed by atoms with E-state index in [1.807, 2.05) is 12.1 Å². The second-order valence-corrected chi connectivity index (χ2v) is 9.86. The zero-order chi connectivity index (χ0) is 25.1. The minimum Gasteiger partial charge on any atom is -0.493 e. The molecule has 0 amide bonds. The van der Waals surface area contributed by atoms with Gasteiger partial charge in [0.15, 0.2) is 17.3 Å². The average Bonchev–Trinajstić information content (AvgIpc) is 2.91. The van der Waals surface area contributed by atoms with Crippen molar-refractivity contribution in [2.24, 2.45) is 5.92 Å². The van der Waals surface area contributed by atoms with E-state index in [9.17, 15) is 4.39 Å². The van der Waals surface area contributed by atoms with Crippen LogP contribution in [-0.4, -0.2) is 47.2 Å². The number of nitrogens with zero attached hydrogens (tertiary/aromatic N) is 4. The largest absolute Gasteiger partial charge is 0.493 e. The summed E-state index contributed by atoms with van der Waals surface area (Å²) in [7, 11) is 1.61. The van der Waals surface area contributed by atoms with Gasteiger partial charge in [0.05, 0.1) is 35.5 Å². The van der Waals surface area contributed by atoms with E-state index >= 15 is 0 Å². The second kappa shape index (κ2) is 10.9. The number of fused-ring (bicyclic) bond motifs is 1. The lowest BCUT2D eigenvalue weighted by Gasteiger charge is -2.39. The molecule has 2 fully saturated rings. The molecule has 5 rings (SSSR count). The van der Waals surface area contributed by atoms with E-state index < -0.39 is 5.82 Å². The molecule has 2 aromatic carbocycles. The molecule has 0 radical (unpaired) electrons. The van der Waals surface area contributed by atoms with Gasteiger partial charge in [0.1, 0.15) is 12.1 Å². The molecule has 0 unspecified atom stereocenters. The summed E-state index contributed by atoms with van der Waals surface area (Å²) < 4.78 is 26.5. The Kier molecular flexibility index (Phi) is 7.40. The third kappa shape index (κ3) is 5.18. The quantitative estimate of drug-likeness (QED) is 0.429. The molecule has 0 bridgehead atoms. The Labute approximate surface area is 215 Å². The van der Waals surface area contributed by atoms with Crippen molar-refractivity contribution in [3.8, 4) is 17.6 Å². The fourth-order valence-corrected chi connectivity index (χ4v) is 5.42. The van der Waals surface area contributed by atoms with E-state index in [4.69, 9.17) is 26.3 Å². The summed E-state index contributed by atoms with van der Waals surface area (Å²) in [5, 5.41) is 12.9. The molecule has 1 saturated carbocycles. The molecular formula is C27H29ClFN5O2. The lowest BCUT2D eigenvalue weighted by atomic mass is 9.89. The highest BCUT2D eigenvalue weighted by Crippen LogP contribution is 2.38. The van der Waals surface area contributed by atoms with Crippen LogP contribution in [0.15, 0.2) is 36.7 Å². The third-order valence-corrected chi connectivity index (χ3v) is 7.58. The van der Waals surface area contributed by atoms with Gasteiger partial charge in [-0.25, -0.2) is 14.4 Å². The first kappa shape index (κ1) is 24.5. The standard InChI is InChI=1S/C27H29ClFN5O2/c1-35-24-14-23-20(27(32-16-31-23)33-22-4-2-3-21(28)26(22)29)13-25(24)36-19-7-5-18(6-8-19)34-11-9-17(15-30)10-12-34/h2-4,13-14,16-19H,5-12H2,1H3,(H,31,32,33)/t18-,19-. The number of nitrogens with one attached hydrogen (secondary N) is 1. The van der Waals surface area contributed by atoms with Crippen LogP contribution in [0.3, 0.4) is 0 Å². The zero-order valence-electron chi connectivity index (χ0n) is 20.2. The van der Waals surface area contributed by atoms with E-state index in [-0.39, 0.29) is 22.7 Å². The first-order valence-electron chi connectivity index (χ1n) is 12.4. The maximum Gasteiger partial charge on any atom is 0.165 e. The number of nitriles is 1. The Morgan fingerprint density at radius 3 is 2.58 bits per heavy atom. The van der Waals surface area contributed by atoms with Gasteiger partial charge in [-0.2, -0.15) is 5.26 Å². The minimum atomic E-state index is -0.537.